The van der Waals surface area contributed by atoms with Gasteiger partial charge < -0.3 is 9.64 Å². The fourth-order valence-electron chi connectivity index (χ4n) is 3.79. The van der Waals surface area contributed by atoms with Crippen LogP contribution >= 0.6 is 11.8 Å². The van der Waals surface area contributed by atoms with Gasteiger partial charge in [-0.05, 0) is 44.7 Å². The van der Waals surface area contributed by atoms with Gasteiger partial charge in [-0.1, -0.05) is 23.9 Å². The van der Waals surface area contributed by atoms with Gasteiger partial charge in [-0.2, -0.15) is 0 Å². The van der Waals surface area contributed by atoms with Crippen molar-refractivity contribution in [1.29, 1.82) is 0 Å². The van der Waals surface area contributed by atoms with Crippen molar-refractivity contribution in [3.05, 3.63) is 34.6 Å². The van der Waals surface area contributed by atoms with Crippen molar-refractivity contribution in [2.75, 3.05) is 19.7 Å². The fraction of sp³-hybridized carbons (Fsp3) is 0.550. The highest BCUT2D eigenvalue weighted by molar-refractivity contribution is 8.00. The molecule has 3 heterocycles. The number of carbonyl (C=O) groups is 1. The number of carbonyl (C=O) groups excluding carboxylic acids is 1. The third kappa shape index (κ3) is 3.89. The van der Waals surface area contributed by atoms with E-state index in [9.17, 15) is 9.59 Å². The normalized spacial score (nSPS) is 21.1. The Morgan fingerprint density at radius 3 is 2.81 bits per heavy atom. The number of thioether (sulfide) groups is 1. The lowest BCUT2D eigenvalue weighted by Gasteiger charge is -2.21. The van der Waals surface area contributed by atoms with Crippen LogP contribution < -0.4 is 5.56 Å². The second-order valence-corrected chi connectivity index (χ2v) is 8.56. The first-order valence-electron chi connectivity index (χ1n) is 9.70. The first kappa shape index (κ1) is 18.5. The van der Waals surface area contributed by atoms with E-state index in [4.69, 9.17) is 9.72 Å². The van der Waals surface area contributed by atoms with Crippen LogP contribution in [0.5, 0.6) is 0 Å². The number of benzene rings is 1. The molecule has 2 atom stereocenters. The summed E-state index contributed by atoms with van der Waals surface area (Å²) in [5.41, 5.74) is 0.619. The van der Waals surface area contributed by atoms with Crippen LogP contribution in [-0.2, 0) is 16.1 Å². The standard InChI is InChI=1S/C20H25N3O3S/c1-14(18(24)22-10-4-5-11-22)27-20-21-17-9-3-2-8-16(17)19(25)23(20)13-15-7-6-12-26-15/h2-3,8-9,14-15H,4-7,10-13H2,1H3. The molecule has 2 fully saturated rings. The molecule has 2 aliphatic rings. The van der Waals surface area contributed by atoms with Crippen LogP contribution in [0.2, 0.25) is 0 Å². The van der Waals surface area contributed by atoms with E-state index in [1.807, 2.05) is 36.1 Å². The highest BCUT2D eigenvalue weighted by Crippen LogP contribution is 2.26. The third-order valence-corrected chi connectivity index (χ3v) is 6.36. The van der Waals surface area contributed by atoms with Crippen molar-refractivity contribution in [2.24, 2.45) is 0 Å². The maximum Gasteiger partial charge on any atom is 0.262 e. The Morgan fingerprint density at radius 1 is 1.30 bits per heavy atom. The number of likely N-dealkylation sites (tertiary alicyclic amines) is 1. The number of nitrogens with zero attached hydrogens (tertiary/aromatic N) is 3. The summed E-state index contributed by atoms with van der Waals surface area (Å²) in [4.78, 5) is 32.5. The Bertz CT molecular complexity index is 886. The van der Waals surface area contributed by atoms with Crippen molar-refractivity contribution in [2.45, 2.75) is 55.7 Å². The summed E-state index contributed by atoms with van der Waals surface area (Å²) in [6.45, 7) is 4.80. The molecule has 0 N–H and O–H groups in total. The molecule has 2 aliphatic heterocycles. The van der Waals surface area contributed by atoms with Gasteiger partial charge in [0.25, 0.3) is 5.56 Å². The number of rotatable bonds is 5. The zero-order valence-electron chi connectivity index (χ0n) is 15.6. The molecule has 7 heteroatoms. The number of aromatic nitrogens is 2. The monoisotopic (exact) mass is 387 g/mol. The summed E-state index contributed by atoms with van der Waals surface area (Å²) in [5, 5.41) is 0.944. The molecule has 0 aliphatic carbocycles. The number of hydrogen-bond acceptors (Lipinski definition) is 5. The van der Waals surface area contributed by atoms with E-state index < -0.39 is 0 Å². The van der Waals surface area contributed by atoms with Crippen LogP contribution in [0.25, 0.3) is 10.9 Å². The van der Waals surface area contributed by atoms with Gasteiger partial charge in [-0.25, -0.2) is 4.98 Å². The zero-order chi connectivity index (χ0) is 18.8. The third-order valence-electron chi connectivity index (χ3n) is 5.28. The summed E-state index contributed by atoms with van der Waals surface area (Å²) < 4.78 is 7.45. The lowest BCUT2D eigenvalue weighted by molar-refractivity contribution is -0.129. The van der Waals surface area contributed by atoms with Crippen LogP contribution in [0.1, 0.15) is 32.6 Å². The number of fused-ring (bicyclic) bond motifs is 1. The maximum atomic E-state index is 13.1. The molecule has 0 saturated carbocycles. The largest absolute Gasteiger partial charge is 0.376 e. The predicted molar refractivity (Wildman–Crippen MR) is 106 cm³/mol. The molecule has 0 bridgehead atoms. The number of amides is 1. The molecule has 1 aromatic carbocycles. The second kappa shape index (κ2) is 8.02. The average Bonchev–Trinajstić information content (AvgIpc) is 3.38. The summed E-state index contributed by atoms with van der Waals surface area (Å²) >= 11 is 1.38. The summed E-state index contributed by atoms with van der Waals surface area (Å²) in [5.74, 6) is 0.128. The SMILES string of the molecule is CC(Sc1nc2ccccc2c(=O)n1CC1CCCO1)C(=O)N1CCCC1. The first-order chi connectivity index (χ1) is 13.1. The minimum absolute atomic E-state index is 0.0367. The second-order valence-electron chi connectivity index (χ2n) is 7.25. The van der Waals surface area contributed by atoms with Gasteiger partial charge in [0, 0.05) is 19.7 Å². The van der Waals surface area contributed by atoms with Crippen LogP contribution in [-0.4, -0.2) is 51.4 Å². The number of para-hydroxylation sites is 1. The zero-order valence-corrected chi connectivity index (χ0v) is 16.4. The van der Waals surface area contributed by atoms with Gasteiger partial charge >= 0.3 is 0 Å². The van der Waals surface area contributed by atoms with E-state index in [0.29, 0.717) is 22.6 Å². The average molecular weight is 388 g/mol. The van der Waals surface area contributed by atoms with Crippen molar-refractivity contribution in [1.82, 2.24) is 14.5 Å². The van der Waals surface area contributed by atoms with Gasteiger partial charge in [0.2, 0.25) is 5.91 Å². The highest BCUT2D eigenvalue weighted by atomic mass is 32.2. The van der Waals surface area contributed by atoms with E-state index >= 15 is 0 Å². The Morgan fingerprint density at radius 2 is 2.07 bits per heavy atom. The van der Waals surface area contributed by atoms with Crippen molar-refractivity contribution in [3.63, 3.8) is 0 Å². The summed E-state index contributed by atoms with van der Waals surface area (Å²) in [7, 11) is 0. The summed E-state index contributed by atoms with van der Waals surface area (Å²) in [6.07, 6.45) is 4.15. The van der Waals surface area contributed by atoms with Crippen LogP contribution in [0.4, 0.5) is 0 Å². The Labute approximate surface area is 162 Å². The minimum atomic E-state index is -0.271. The van der Waals surface area contributed by atoms with Gasteiger partial charge in [0.05, 0.1) is 28.8 Å². The lowest BCUT2D eigenvalue weighted by atomic mass is 10.2. The molecule has 1 aromatic heterocycles. The van der Waals surface area contributed by atoms with Gasteiger partial charge in [0.1, 0.15) is 0 Å². The van der Waals surface area contributed by atoms with Crippen LogP contribution in [0.15, 0.2) is 34.2 Å². The molecule has 6 nitrogen and oxygen atoms in total. The van der Waals surface area contributed by atoms with Gasteiger partial charge in [-0.15, -0.1) is 0 Å². The summed E-state index contributed by atoms with van der Waals surface area (Å²) in [6, 6.07) is 7.40. The first-order valence-corrected chi connectivity index (χ1v) is 10.6. The maximum absolute atomic E-state index is 13.1. The van der Waals surface area contributed by atoms with E-state index in [2.05, 4.69) is 0 Å². The smallest absolute Gasteiger partial charge is 0.262 e. The number of hydrogen-bond donors (Lipinski definition) is 0. The van der Waals surface area contributed by atoms with E-state index in [1.54, 1.807) is 4.57 Å². The molecule has 2 saturated heterocycles. The highest BCUT2D eigenvalue weighted by Gasteiger charge is 2.27. The quantitative estimate of drug-likeness (QED) is 0.583. The van der Waals surface area contributed by atoms with Crippen molar-refractivity contribution >= 4 is 28.6 Å². The van der Waals surface area contributed by atoms with E-state index in [1.165, 1.54) is 11.8 Å². The predicted octanol–water partition coefficient (Wildman–Crippen LogP) is 2.68. The molecule has 0 spiro atoms. The van der Waals surface area contributed by atoms with E-state index in [0.717, 1.165) is 45.4 Å². The topological polar surface area (TPSA) is 64.4 Å². The van der Waals surface area contributed by atoms with Crippen molar-refractivity contribution in [3.8, 4) is 0 Å². The Kier molecular flexibility index (Phi) is 5.50. The lowest BCUT2D eigenvalue weighted by Crippen LogP contribution is -2.35. The Balaban J connectivity index is 1.66. The fourth-order valence-corrected chi connectivity index (χ4v) is 4.80. The molecule has 2 unspecified atom stereocenters. The van der Waals surface area contributed by atoms with Gasteiger partial charge in [-0.3, -0.25) is 14.2 Å². The minimum Gasteiger partial charge on any atom is -0.376 e. The molecule has 0 radical (unpaired) electrons. The molecule has 4 rings (SSSR count). The van der Waals surface area contributed by atoms with Crippen LogP contribution in [0, 0.1) is 0 Å². The van der Waals surface area contributed by atoms with Crippen molar-refractivity contribution < 1.29 is 9.53 Å². The molecule has 1 amide bonds. The number of ether oxygens (including phenoxy) is 1. The molecular formula is C20H25N3O3S. The molecular weight excluding hydrogens is 362 g/mol. The van der Waals surface area contributed by atoms with E-state index in [-0.39, 0.29) is 22.8 Å². The molecule has 2 aromatic rings. The van der Waals surface area contributed by atoms with Gasteiger partial charge in [0.15, 0.2) is 5.16 Å². The molecule has 27 heavy (non-hydrogen) atoms. The molecule has 144 valence electrons. The Hall–Kier alpha value is -1.86. The van der Waals surface area contributed by atoms with Crippen LogP contribution in [0.3, 0.4) is 0 Å².